The van der Waals surface area contributed by atoms with Crippen LogP contribution in [-0.4, -0.2) is 22.3 Å². The lowest BCUT2D eigenvalue weighted by atomic mass is 10.1. The number of carbonyl (C=O) groups is 1. The Hall–Kier alpha value is -0.420. The van der Waals surface area contributed by atoms with Crippen LogP contribution in [0, 0.1) is 5.92 Å². The molecule has 1 atom stereocenters. The number of hydrogen-bond acceptors (Lipinski definition) is 2. The van der Waals surface area contributed by atoms with E-state index in [0.717, 1.165) is 4.47 Å². The summed E-state index contributed by atoms with van der Waals surface area (Å²) < 4.78 is 0.865. The smallest absolute Gasteiger partial charge is 0.269 e. The molecule has 0 radical (unpaired) electrons. The zero-order valence-electron chi connectivity index (χ0n) is 9.21. The largest absolute Gasteiger partial charge is 0.350 e. The molecule has 5 heteroatoms. The molecule has 1 unspecified atom stereocenters. The van der Waals surface area contributed by atoms with Gasteiger partial charge in [-0.2, -0.15) is 0 Å². The summed E-state index contributed by atoms with van der Waals surface area (Å²) in [7, 11) is 0. The lowest BCUT2D eigenvalue weighted by molar-refractivity contribution is 0.0948. The normalized spacial score (nSPS) is 12.6. The summed E-state index contributed by atoms with van der Waals surface area (Å²) in [5.41, 5.74) is 0.437. The molecule has 0 aliphatic rings. The average molecular weight is 350 g/mol. The molecule has 1 amide bonds. The number of pyridine rings is 1. The highest BCUT2D eigenvalue weighted by atomic mass is 79.9. The maximum absolute atomic E-state index is 11.7. The highest BCUT2D eigenvalue weighted by Gasteiger charge is 2.12. The summed E-state index contributed by atoms with van der Waals surface area (Å²) in [6.07, 6.45) is 1.61. The van der Waals surface area contributed by atoms with Crippen LogP contribution in [0.4, 0.5) is 0 Å². The number of carbonyl (C=O) groups excluding carboxylic acids is 1. The van der Waals surface area contributed by atoms with E-state index in [1.165, 1.54) is 0 Å². The van der Waals surface area contributed by atoms with Crippen LogP contribution in [0.25, 0.3) is 0 Å². The van der Waals surface area contributed by atoms with Crippen molar-refractivity contribution in [3.63, 3.8) is 0 Å². The lowest BCUT2D eigenvalue weighted by Gasteiger charge is -2.14. The number of alkyl halides is 1. The third-order valence-corrected chi connectivity index (χ3v) is 3.99. The van der Waals surface area contributed by atoms with Crippen LogP contribution in [0.1, 0.15) is 24.3 Å². The van der Waals surface area contributed by atoms with Gasteiger partial charge in [0.25, 0.3) is 5.91 Å². The summed E-state index contributed by atoms with van der Waals surface area (Å²) in [5.74, 6) is 0.343. The summed E-state index contributed by atoms with van der Waals surface area (Å²) >= 11 is 6.79. The number of aromatic nitrogens is 1. The maximum atomic E-state index is 11.7. The van der Waals surface area contributed by atoms with Crippen molar-refractivity contribution < 1.29 is 4.79 Å². The van der Waals surface area contributed by atoms with Crippen molar-refractivity contribution in [2.75, 3.05) is 6.54 Å². The Morgan fingerprint density at radius 2 is 2.19 bits per heavy atom. The van der Waals surface area contributed by atoms with Crippen LogP contribution in [0.5, 0.6) is 0 Å². The second-order valence-electron chi connectivity index (χ2n) is 3.83. The summed E-state index contributed by atoms with van der Waals surface area (Å²) in [5, 5.41) is 2.84. The molecule has 1 rings (SSSR count). The van der Waals surface area contributed by atoms with E-state index in [9.17, 15) is 4.79 Å². The molecule has 0 saturated carbocycles. The summed E-state index contributed by atoms with van der Waals surface area (Å²) in [6, 6.07) is 3.49. The SMILES string of the molecule is CC(C)C(Br)CNC(=O)c1ccc(Br)cn1. The second kappa shape index (κ2) is 6.35. The van der Waals surface area contributed by atoms with Crippen LogP contribution in [0.2, 0.25) is 0 Å². The van der Waals surface area contributed by atoms with Crippen molar-refractivity contribution in [2.24, 2.45) is 5.92 Å². The van der Waals surface area contributed by atoms with Gasteiger partial charge in [-0.15, -0.1) is 0 Å². The monoisotopic (exact) mass is 348 g/mol. The summed E-state index contributed by atoms with van der Waals surface area (Å²) in [6.45, 7) is 4.81. The Kier molecular flexibility index (Phi) is 5.41. The van der Waals surface area contributed by atoms with Gasteiger partial charge in [0.1, 0.15) is 5.69 Å². The number of amides is 1. The van der Waals surface area contributed by atoms with Crippen molar-refractivity contribution in [3.05, 3.63) is 28.5 Å². The van der Waals surface area contributed by atoms with Gasteiger partial charge < -0.3 is 5.32 Å². The predicted molar refractivity (Wildman–Crippen MR) is 71.8 cm³/mol. The molecule has 3 nitrogen and oxygen atoms in total. The highest BCUT2D eigenvalue weighted by Crippen LogP contribution is 2.11. The van der Waals surface area contributed by atoms with Crippen molar-refractivity contribution >= 4 is 37.8 Å². The van der Waals surface area contributed by atoms with Gasteiger partial charge in [-0.3, -0.25) is 4.79 Å². The van der Waals surface area contributed by atoms with E-state index in [1.54, 1.807) is 18.3 Å². The van der Waals surface area contributed by atoms with Crippen molar-refractivity contribution in [1.82, 2.24) is 10.3 Å². The zero-order valence-corrected chi connectivity index (χ0v) is 12.4. The molecular weight excluding hydrogens is 336 g/mol. The van der Waals surface area contributed by atoms with Gasteiger partial charge in [-0.1, -0.05) is 29.8 Å². The van der Waals surface area contributed by atoms with E-state index >= 15 is 0 Å². The highest BCUT2D eigenvalue weighted by molar-refractivity contribution is 9.10. The van der Waals surface area contributed by atoms with Gasteiger partial charge in [-0.25, -0.2) is 4.98 Å². The Morgan fingerprint density at radius 3 is 2.69 bits per heavy atom. The van der Waals surface area contributed by atoms with E-state index in [0.29, 0.717) is 18.2 Å². The first-order valence-corrected chi connectivity index (χ1v) is 6.75. The van der Waals surface area contributed by atoms with Gasteiger partial charge >= 0.3 is 0 Å². The number of halogens is 2. The lowest BCUT2D eigenvalue weighted by Crippen LogP contribution is -2.32. The van der Waals surface area contributed by atoms with Crippen molar-refractivity contribution in [3.8, 4) is 0 Å². The minimum absolute atomic E-state index is 0.141. The first-order chi connectivity index (χ1) is 7.50. The van der Waals surface area contributed by atoms with Crippen LogP contribution in [0.15, 0.2) is 22.8 Å². The Bertz CT molecular complexity index is 352. The van der Waals surface area contributed by atoms with Crippen LogP contribution < -0.4 is 5.32 Å². The quantitative estimate of drug-likeness (QED) is 0.849. The Balaban J connectivity index is 2.50. The molecule has 1 N–H and O–H groups in total. The Morgan fingerprint density at radius 1 is 1.50 bits per heavy atom. The fraction of sp³-hybridized carbons (Fsp3) is 0.455. The van der Waals surface area contributed by atoms with E-state index in [2.05, 4.69) is 56.0 Å². The minimum Gasteiger partial charge on any atom is -0.350 e. The molecule has 0 bridgehead atoms. The molecular formula is C11H14Br2N2O. The fourth-order valence-electron chi connectivity index (χ4n) is 1.03. The van der Waals surface area contributed by atoms with E-state index in [4.69, 9.17) is 0 Å². The van der Waals surface area contributed by atoms with E-state index in [-0.39, 0.29) is 10.7 Å². The van der Waals surface area contributed by atoms with Crippen LogP contribution >= 0.6 is 31.9 Å². The molecule has 88 valence electrons. The van der Waals surface area contributed by atoms with Crippen LogP contribution in [0.3, 0.4) is 0 Å². The average Bonchev–Trinajstić information content (AvgIpc) is 2.26. The third kappa shape index (κ3) is 4.22. The van der Waals surface area contributed by atoms with Gasteiger partial charge in [0, 0.05) is 22.0 Å². The molecule has 0 aliphatic heterocycles. The van der Waals surface area contributed by atoms with E-state index < -0.39 is 0 Å². The minimum atomic E-state index is -0.141. The predicted octanol–water partition coefficient (Wildman–Crippen LogP) is 2.99. The van der Waals surface area contributed by atoms with Gasteiger partial charge in [0.05, 0.1) is 0 Å². The number of hydrogen-bond donors (Lipinski definition) is 1. The first-order valence-electron chi connectivity index (χ1n) is 5.04. The van der Waals surface area contributed by atoms with Gasteiger partial charge in [0.15, 0.2) is 0 Å². The molecule has 0 aromatic carbocycles. The Labute approximate surface area is 112 Å². The third-order valence-electron chi connectivity index (χ3n) is 2.14. The molecule has 0 saturated heterocycles. The molecule has 1 aromatic rings. The molecule has 1 aromatic heterocycles. The van der Waals surface area contributed by atoms with Gasteiger partial charge in [-0.05, 0) is 34.0 Å². The standard InChI is InChI=1S/C11H14Br2N2O/c1-7(2)9(13)6-15-11(16)10-4-3-8(12)5-14-10/h3-5,7,9H,6H2,1-2H3,(H,15,16). The molecule has 0 aliphatic carbocycles. The maximum Gasteiger partial charge on any atom is 0.269 e. The molecule has 0 spiro atoms. The van der Waals surface area contributed by atoms with E-state index in [1.807, 2.05) is 0 Å². The first kappa shape index (κ1) is 13.6. The number of rotatable bonds is 4. The second-order valence-corrected chi connectivity index (χ2v) is 5.92. The fourth-order valence-corrected chi connectivity index (χ4v) is 1.42. The molecule has 0 fully saturated rings. The van der Waals surface area contributed by atoms with Crippen molar-refractivity contribution in [2.45, 2.75) is 18.7 Å². The van der Waals surface area contributed by atoms with Crippen LogP contribution in [-0.2, 0) is 0 Å². The number of nitrogens with one attached hydrogen (secondary N) is 1. The molecule has 16 heavy (non-hydrogen) atoms. The number of nitrogens with zero attached hydrogens (tertiary/aromatic N) is 1. The topological polar surface area (TPSA) is 42.0 Å². The summed E-state index contributed by atoms with van der Waals surface area (Å²) in [4.78, 5) is 16.0. The zero-order chi connectivity index (χ0) is 12.1. The van der Waals surface area contributed by atoms with Gasteiger partial charge in [0.2, 0.25) is 0 Å². The molecule has 1 heterocycles. The van der Waals surface area contributed by atoms with Crippen molar-refractivity contribution in [1.29, 1.82) is 0 Å².